The molecule has 1 saturated carbocycles. The Bertz CT molecular complexity index is 2520. The molecule has 0 spiro atoms. The van der Waals surface area contributed by atoms with Gasteiger partial charge in [0.25, 0.3) is 0 Å². The van der Waals surface area contributed by atoms with Gasteiger partial charge in [0.1, 0.15) is 42.3 Å². The van der Waals surface area contributed by atoms with Crippen molar-refractivity contribution in [2.45, 2.75) is 166 Å². The highest BCUT2D eigenvalue weighted by Crippen LogP contribution is 2.28. The molecule has 0 aliphatic heterocycles. The highest BCUT2D eigenvalue weighted by atomic mass is 16.3. The number of primary amides is 3. The summed E-state index contributed by atoms with van der Waals surface area (Å²) in [6, 6.07) is -2.64. The third-order valence-corrected chi connectivity index (χ3v) is 13.9. The molecule has 1 fully saturated rings. The first kappa shape index (κ1) is 66.2. The minimum atomic E-state index is -1.77. The van der Waals surface area contributed by atoms with Gasteiger partial charge in [0.15, 0.2) is 11.9 Å². The van der Waals surface area contributed by atoms with E-state index in [9.17, 15) is 53.1 Å². The number of carbonyl (C=O) groups is 10. The van der Waals surface area contributed by atoms with E-state index in [2.05, 4.69) is 46.9 Å². The van der Waals surface area contributed by atoms with Crippen LogP contribution in [0.15, 0.2) is 40.4 Å². The maximum Gasteiger partial charge on any atom is 0.245 e. The predicted molar refractivity (Wildman–Crippen MR) is 298 cm³/mol. The van der Waals surface area contributed by atoms with Gasteiger partial charge in [-0.3, -0.25) is 57.9 Å². The molecule has 444 valence electrons. The molecule has 0 saturated heterocycles. The summed E-state index contributed by atoms with van der Waals surface area (Å²) in [7, 11) is 1.29. The van der Waals surface area contributed by atoms with Crippen LogP contribution in [0, 0.1) is 17.8 Å². The first-order valence-electron chi connectivity index (χ1n) is 27.0. The number of aliphatic hydroxyl groups excluding tert-OH is 1. The molecular formula is C52H85N17O11. The van der Waals surface area contributed by atoms with E-state index in [1.807, 2.05) is 18.2 Å². The van der Waals surface area contributed by atoms with Crippen LogP contribution < -0.4 is 72.0 Å². The number of nitrogens with one attached hydrogen (secondary N) is 7. The Morgan fingerprint density at radius 2 is 1.19 bits per heavy atom. The minimum Gasteiger partial charge on any atom is -0.391 e. The Balaban J connectivity index is 1.93. The second-order valence-corrected chi connectivity index (χ2v) is 20.8. The van der Waals surface area contributed by atoms with Gasteiger partial charge in [0.2, 0.25) is 59.1 Å². The standard InChI is InChI=1S/C52H85N17O11/c1-27(2)41(67-46(76)37(66-44(74)28(3)23-40(54)72)25-31-26-62-33-16-10-9-15-32(31)33)48(78)68-42(29(4)70)49(79)63-34(17-11-21-60-51(56)57)45(75)64-35(19-20-39(53)71)50(80)69(5)38(18-12-22-61-52(58)59)47(77)65-36(43(55)73)24-30-13-7-6-8-14-30/h9-10,15-16,26-30,34-38,41-42,62,70H,6-8,11-14,17-25H2,1-5H3,(H2,53,71)(H2,54,72)(H2,55,73)(H,63,79)(H,64,75)(H,65,77)(H,66,74)(H,67,76)(H,68,78)(H4,56,57,60)(H4,58,59,61)/t28-,29+,34-,35-,36-,37-,38-,41-,42-/m0/s1. The fourth-order valence-electron chi connectivity index (χ4n) is 9.39. The van der Waals surface area contributed by atoms with Gasteiger partial charge in [0.05, 0.1) is 6.10 Å². The molecule has 1 heterocycles. The van der Waals surface area contributed by atoms with Gasteiger partial charge < -0.3 is 87.0 Å². The van der Waals surface area contributed by atoms with Crippen molar-refractivity contribution in [2.75, 3.05) is 20.1 Å². The molecule has 0 unspecified atom stereocenters. The van der Waals surface area contributed by atoms with E-state index in [0.29, 0.717) is 5.56 Å². The number of aliphatic imine (C=N–C) groups is 2. The molecule has 1 aromatic carbocycles. The number of aromatic amines is 1. The Labute approximate surface area is 465 Å². The largest absolute Gasteiger partial charge is 0.391 e. The first-order valence-corrected chi connectivity index (χ1v) is 27.0. The first-order chi connectivity index (χ1) is 37.7. The Kier molecular flexibility index (Phi) is 27.1. The molecule has 1 aliphatic carbocycles. The number of hydrogen-bond acceptors (Lipinski definition) is 13. The molecule has 80 heavy (non-hydrogen) atoms. The van der Waals surface area contributed by atoms with Gasteiger partial charge in [-0.2, -0.15) is 0 Å². The summed E-state index contributed by atoms with van der Waals surface area (Å²) in [5, 5.41) is 27.4. The fourth-order valence-corrected chi connectivity index (χ4v) is 9.39. The van der Waals surface area contributed by atoms with Gasteiger partial charge in [-0.1, -0.05) is 71.1 Å². The number of amides is 10. The summed E-state index contributed by atoms with van der Waals surface area (Å²) in [5.74, 6) is -10.3. The lowest BCUT2D eigenvalue weighted by Gasteiger charge is -2.33. The number of rotatable bonds is 34. The number of nitrogens with zero attached hydrogens (tertiary/aromatic N) is 3. The number of H-pyrrole nitrogens is 1. The minimum absolute atomic E-state index is 0.0312. The van der Waals surface area contributed by atoms with Crippen LogP contribution in [-0.2, 0) is 54.4 Å². The van der Waals surface area contributed by atoms with E-state index in [4.69, 9.17) is 40.1 Å². The molecule has 2 aromatic rings. The number of fused-ring (bicyclic) bond motifs is 1. The van der Waals surface area contributed by atoms with Crippen molar-refractivity contribution in [3.8, 4) is 0 Å². The summed E-state index contributed by atoms with van der Waals surface area (Å²) < 4.78 is 0. The molecule has 28 nitrogen and oxygen atoms in total. The summed E-state index contributed by atoms with van der Waals surface area (Å²) in [4.78, 5) is 148. The van der Waals surface area contributed by atoms with Crippen molar-refractivity contribution in [1.82, 2.24) is 41.8 Å². The molecule has 0 radical (unpaired) electrons. The van der Waals surface area contributed by atoms with Crippen LogP contribution in [0.1, 0.15) is 117 Å². The van der Waals surface area contributed by atoms with Crippen LogP contribution >= 0.6 is 0 Å². The van der Waals surface area contributed by atoms with Gasteiger partial charge in [-0.05, 0) is 68.9 Å². The molecule has 1 aliphatic rings. The van der Waals surface area contributed by atoms with Crippen molar-refractivity contribution < 1.29 is 53.1 Å². The third-order valence-electron chi connectivity index (χ3n) is 13.9. The van der Waals surface area contributed by atoms with Crippen molar-refractivity contribution in [2.24, 2.45) is 67.9 Å². The van der Waals surface area contributed by atoms with E-state index in [1.165, 1.54) is 20.9 Å². The Hall–Kier alpha value is -8.04. The molecule has 3 rings (SSSR count). The number of aromatic nitrogens is 1. The quantitative estimate of drug-likeness (QED) is 0.0187. The van der Waals surface area contributed by atoms with Gasteiger partial charge in [-0.15, -0.1) is 0 Å². The zero-order valence-corrected chi connectivity index (χ0v) is 46.5. The van der Waals surface area contributed by atoms with E-state index in [-0.39, 0.29) is 82.3 Å². The molecule has 0 bridgehead atoms. The average Bonchev–Trinajstić information content (AvgIpc) is 3.80. The average molecular weight is 1120 g/mol. The highest BCUT2D eigenvalue weighted by molar-refractivity contribution is 5.98. The van der Waals surface area contributed by atoms with Crippen LogP contribution in [-0.4, -0.2) is 155 Å². The molecule has 22 N–H and O–H groups in total. The van der Waals surface area contributed by atoms with Crippen molar-refractivity contribution in [3.05, 3.63) is 36.0 Å². The van der Waals surface area contributed by atoms with Crippen molar-refractivity contribution in [1.29, 1.82) is 0 Å². The third kappa shape index (κ3) is 22.0. The van der Waals surface area contributed by atoms with E-state index >= 15 is 0 Å². The van der Waals surface area contributed by atoms with Crippen molar-refractivity contribution in [3.63, 3.8) is 0 Å². The molecule has 28 heteroatoms. The number of benzene rings is 1. The monoisotopic (exact) mass is 1120 g/mol. The van der Waals surface area contributed by atoms with Gasteiger partial charge >= 0.3 is 0 Å². The zero-order chi connectivity index (χ0) is 59.8. The molecular weight excluding hydrogens is 1040 g/mol. The number of para-hydroxylation sites is 1. The zero-order valence-electron chi connectivity index (χ0n) is 46.5. The second kappa shape index (κ2) is 32.8. The molecule has 10 amide bonds. The van der Waals surface area contributed by atoms with Crippen LogP contribution in [0.25, 0.3) is 10.9 Å². The van der Waals surface area contributed by atoms with Gasteiger partial charge in [-0.25, -0.2) is 0 Å². The molecule has 9 atom stereocenters. The molecule has 1 aromatic heterocycles. The van der Waals surface area contributed by atoms with Crippen molar-refractivity contribution >= 4 is 81.9 Å². The number of carbonyl (C=O) groups excluding carboxylic acids is 10. The van der Waals surface area contributed by atoms with Crippen LogP contribution in [0.4, 0.5) is 0 Å². The summed E-state index contributed by atoms with van der Waals surface area (Å²) >= 11 is 0. The second-order valence-electron chi connectivity index (χ2n) is 20.8. The lowest BCUT2D eigenvalue weighted by molar-refractivity contribution is -0.143. The Morgan fingerprint density at radius 3 is 1.76 bits per heavy atom. The van der Waals surface area contributed by atoms with Crippen LogP contribution in [0.5, 0.6) is 0 Å². The summed E-state index contributed by atoms with van der Waals surface area (Å²) in [6.07, 6.45) is 3.87. The maximum atomic E-state index is 14.5. The lowest BCUT2D eigenvalue weighted by Crippen LogP contribution is -2.62. The number of aliphatic hydroxyl groups is 1. The fraction of sp³-hybridized carbons (Fsp3) is 0.615. The van der Waals surface area contributed by atoms with Crippen LogP contribution in [0.2, 0.25) is 0 Å². The number of likely N-dealkylation sites (N-methyl/N-ethyl adjacent to an activating group) is 1. The number of guanidine groups is 2. The van der Waals surface area contributed by atoms with Crippen LogP contribution in [0.3, 0.4) is 0 Å². The highest BCUT2D eigenvalue weighted by Gasteiger charge is 2.38. The number of nitrogens with two attached hydrogens (primary N) is 7. The smallest absolute Gasteiger partial charge is 0.245 e. The van der Waals surface area contributed by atoms with E-state index in [1.54, 1.807) is 26.1 Å². The van der Waals surface area contributed by atoms with Gasteiger partial charge in [0, 0.05) is 62.4 Å². The topological polar surface area (TPSA) is 489 Å². The van der Waals surface area contributed by atoms with E-state index < -0.39 is 126 Å². The van der Waals surface area contributed by atoms with E-state index in [0.717, 1.165) is 47.9 Å². The lowest BCUT2D eigenvalue weighted by atomic mass is 9.84. The maximum absolute atomic E-state index is 14.5. The number of hydrogen-bond donors (Lipinski definition) is 15. The normalized spacial score (nSPS) is 15.9. The Morgan fingerprint density at radius 1 is 0.637 bits per heavy atom. The SMILES string of the molecule is CC(C)[C@H](NC(=O)[C@H](Cc1c[nH]c2ccccc12)NC(=O)[C@@H](C)CC(N)=O)C(=O)N[C@H](C(=O)N[C@@H](CCCN=C(N)N)C(=O)N[C@@H](CCC(N)=O)C(=O)N(C)[C@@H](CCCN=C(N)N)C(=O)N[C@@H](CC1CCCCC1)C(N)=O)[C@@H](C)O. The summed E-state index contributed by atoms with van der Waals surface area (Å²) in [6.45, 7) is 5.90. The summed E-state index contributed by atoms with van der Waals surface area (Å²) in [5.41, 5.74) is 40.1. The predicted octanol–water partition coefficient (Wildman–Crippen LogP) is -3.18.